The molecule has 21 heavy (non-hydrogen) atoms. The normalized spacial score (nSPS) is 11.9. The Bertz CT molecular complexity index is 477. The SMILES string of the molecule is COCCCC(N)C(=O)Nc1cc(OC)c(OC)cc1C. The van der Waals surface area contributed by atoms with Gasteiger partial charge in [0.25, 0.3) is 0 Å². The summed E-state index contributed by atoms with van der Waals surface area (Å²) in [5.74, 6) is 0.963. The number of carbonyl (C=O) groups excluding carboxylic acids is 1. The first-order valence-corrected chi connectivity index (χ1v) is 6.81. The number of nitrogens with one attached hydrogen (secondary N) is 1. The third kappa shape index (κ3) is 4.91. The molecule has 1 aromatic rings. The Morgan fingerprint density at radius 2 is 1.86 bits per heavy atom. The van der Waals surface area contributed by atoms with Crippen LogP contribution in [-0.4, -0.2) is 39.9 Å². The van der Waals surface area contributed by atoms with Crippen molar-refractivity contribution in [1.82, 2.24) is 0 Å². The number of nitrogens with two attached hydrogens (primary N) is 1. The molecule has 6 heteroatoms. The third-order valence-electron chi connectivity index (χ3n) is 3.19. The number of hydrogen-bond acceptors (Lipinski definition) is 5. The van der Waals surface area contributed by atoms with Gasteiger partial charge in [0.1, 0.15) is 0 Å². The predicted molar refractivity (Wildman–Crippen MR) is 82.0 cm³/mol. The number of anilines is 1. The molecule has 0 aromatic heterocycles. The van der Waals surface area contributed by atoms with Crippen LogP contribution in [0, 0.1) is 6.92 Å². The van der Waals surface area contributed by atoms with E-state index in [0.717, 1.165) is 12.0 Å². The molecule has 1 atom stereocenters. The fraction of sp³-hybridized carbons (Fsp3) is 0.533. The van der Waals surface area contributed by atoms with Crippen LogP contribution in [0.25, 0.3) is 0 Å². The summed E-state index contributed by atoms with van der Waals surface area (Å²) in [6, 6.07) is 2.98. The summed E-state index contributed by atoms with van der Waals surface area (Å²) in [4.78, 5) is 12.1. The molecule has 0 bridgehead atoms. The fourth-order valence-corrected chi connectivity index (χ4v) is 1.92. The lowest BCUT2D eigenvalue weighted by Crippen LogP contribution is -2.35. The van der Waals surface area contributed by atoms with Crippen molar-refractivity contribution in [3.63, 3.8) is 0 Å². The number of carbonyl (C=O) groups is 1. The van der Waals surface area contributed by atoms with Gasteiger partial charge in [0.15, 0.2) is 11.5 Å². The number of amides is 1. The maximum atomic E-state index is 12.1. The van der Waals surface area contributed by atoms with E-state index in [1.165, 1.54) is 0 Å². The molecule has 0 saturated heterocycles. The van der Waals surface area contributed by atoms with Crippen molar-refractivity contribution in [2.75, 3.05) is 33.3 Å². The van der Waals surface area contributed by atoms with Gasteiger partial charge in [-0.15, -0.1) is 0 Å². The molecular weight excluding hydrogens is 272 g/mol. The second-order valence-corrected chi connectivity index (χ2v) is 4.75. The monoisotopic (exact) mass is 296 g/mol. The molecule has 1 rings (SSSR count). The Kier molecular flexibility index (Phi) is 6.98. The van der Waals surface area contributed by atoms with E-state index in [0.29, 0.717) is 30.2 Å². The van der Waals surface area contributed by atoms with Gasteiger partial charge < -0.3 is 25.3 Å². The van der Waals surface area contributed by atoms with Gasteiger partial charge in [-0.05, 0) is 31.4 Å². The van der Waals surface area contributed by atoms with Crippen molar-refractivity contribution < 1.29 is 19.0 Å². The number of hydrogen-bond donors (Lipinski definition) is 2. The Labute approximate surface area is 125 Å². The minimum absolute atomic E-state index is 0.221. The maximum Gasteiger partial charge on any atom is 0.241 e. The fourth-order valence-electron chi connectivity index (χ4n) is 1.92. The van der Waals surface area contributed by atoms with Gasteiger partial charge >= 0.3 is 0 Å². The van der Waals surface area contributed by atoms with E-state index in [-0.39, 0.29) is 5.91 Å². The van der Waals surface area contributed by atoms with E-state index in [1.54, 1.807) is 27.4 Å². The molecule has 0 aliphatic heterocycles. The topological polar surface area (TPSA) is 82.8 Å². The summed E-state index contributed by atoms with van der Waals surface area (Å²) in [6.07, 6.45) is 1.32. The quantitative estimate of drug-likeness (QED) is 0.714. The van der Waals surface area contributed by atoms with Gasteiger partial charge in [-0.2, -0.15) is 0 Å². The number of rotatable bonds is 8. The van der Waals surface area contributed by atoms with Crippen LogP contribution >= 0.6 is 0 Å². The Balaban J connectivity index is 2.75. The van der Waals surface area contributed by atoms with E-state index in [9.17, 15) is 4.79 Å². The molecule has 1 aromatic carbocycles. The lowest BCUT2D eigenvalue weighted by atomic mass is 10.1. The number of ether oxygens (including phenoxy) is 3. The molecule has 3 N–H and O–H groups in total. The Hall–Kier alpha value is -1.79. The first kappa shape index (κ1) is 17.3. The van der Waals surface area contributed by atoms with Crippen LogP contribution < -0.4 is 20.5 Å². The first-order valence-electron chi connectivity index (χ1n) is 6.81. The minimum atomic E-state index is -0.562. The Morgan fingerprint density at radius 3 is 2.43 bits per heavy atom. The van der Waals surface area contributed by atoms with E-state index >= 15 is 0 Å². The highest BCUT2D eigenvalue weighted by molar-refractivity contribution is 5.95. The van der Waals surface area contributed by atoms with Crippen molar-refractivity contribution >= 4 is 11.6 Å². The molecule has 0 heterocycles. The molecule has 0 saturated carbocycles. The van der Waals surface area contributed by atoms with E-state index in [2.05, 4.69) is 5.32 Å². The van der Waals surface area contributed by atoms with Crippen LogP contribution in [0.1, 0.15) is 18.4 Å². The van der Waals surface area contributed by atoms with E-state index < -0.39 is 6.04 Å². The molecular formula is C15H24N2O4. The summed E-state index contributed by atoms with van der Waals surface area (Å²) >= 11 is 0. The van der Waals surface area contributed by atoms with Crippen LogP contribution in [0.3, 0.4) is 0 Å². The third-order valence-corrected chi connectivity index (χ3v) is 3.19. The van der Waals surface area contributed by atoms with Gasteiger partial charge in [0.05, 0.1) is 20.3 Å². The second kappa shape index (κ2) is 8.49. The lowest BCUT2D eigenvalue weighted by molar-refractivity contribution is -0.117. The van der Waals surface area contributed by atoms with Crippen LogP contribution in [0.5, 0.6) is 11.5 Å². The van der Waals surface area contributed by atoms with Crippen LogP contribution in [0.15, 0.2) is 12.1 Å². The van der Waals surface area contributed by atoms with Crippen molar-refractivity contribution in [2.45, 2.75) is 25.8 Å². The summed E-state index contributed by atoms with van der Waals surface area (Å²) in [5.41, 5.74) is 7.41. The van der Waals surface area contributed by atoms with Gasteiger partial charge in [0, 0.05) is 25.5 Å². The number of methoxy groups -OCH3 is 3. The molecule has 6 nitrogen and oxygen atoms in total. The van der Waals surface area contributed by atoms with Crippen molar-refractivity contribution in [3.8, 4) is 11.5 Å². The zero-order valence-electron chi connectivity index (χ0n) is 13.1. The number of aryl methyl sites for hydroxylation is 1. The first-order chi connectivity index (χ1) is 10.0. The summed E-state index contributed by atoms with van der Waals surface area (Å²) in [7, 11) is 4.75. The van der Waals surface area contributed by atoms with E-state index in [1.807, 2.05) is 13.0 Å². The highest BCUT2D eigenvalue weighted by atomic mass is 16.5. The molecule has 1 amide bonds. The zero-order chi connectivity index (χ0) is 15.8. The van der Waals surface area contributed by atoms with Crippen molar-refractivity contribution in [3.05, 3.63) is 17.7 Å². The molecule has 1 unspecified atom stereocenters. The lowest BCUT2D eigenvalue weighted by Gasteiger charge is -2.16. The largest absolute Gasteiger partial charge is 0.493 e. The summed E-state index contributed by atoms with van der Waals surface area (Å²) in [6.45, 7) is 2.48. The molecule has 0 fully saturated rings. The van der Waals surface area contributed by atoms with Crippen molar-refractivity contribution in [2.24, 2.45) is 5.73 Å². The van der Waals surface area contributed by atoms with Gasteiger partial charge in [0.2, 0.25) is 5.91 Å². The smallest absolute Gasteiger partial charge is 0.241 e. The Morgan fingerprint density at radius 1 is 1.24 bits per heavy atom. The van der Waals surface area contributed by atoms with Crippen molar-refractivity contribution in [1.29, 1.82) is 0 Å². The van der Waals surface area contributed by atoms with Gasteiger partial charge in [-0.25, -0.2) is 0 Å². The highest BCUT2D eigenvalue weighted by Gasteiger charge is 2.16. The maximum absolute atomic E-state index is 12.1. The molecule has 0 radical (unpaired) electrons. The van der Waals surface area contributed by atoms with Gasteiger partial charge in [-0.1, -0.05) is 0 Å². The summed E-state index contributed by atoms with van der Waals surface area (Å²) < 4.78 is 15.4. The molecule has 118 valence electrons. The average Bonchev–Trinajstić information content (AvgIpc) is 2.48. The van der Waals surface area contributed by atoms with Crippen LogP contribution in [-0.2, 0) is 9.53 Å². The molecule has 0 aliphatic carbocycles. The number of benzene rings is 1. The summed E-state index contributed by atoms with van der Waals surface area (Å²) in [5, 5.41) is 2.82. The highest BCUT2D eigenvalue weighted by Crippen LogP contribution is 2.32. The minimum Gasteiger partial charge on any atom is -0.493 e. The molecule has 0 spiro atoms. The van der Waals surface area contributed by atoms with E-state index in [4.69, 9.17) is 19.9 Å². The second-order valence-electron chi connectivity index (χ2n) is 4.75. The standard InChI is InChI=1S/C15H24N2O4/c1-10-8-13(20-3)14(21-4)9-12(10)17-15(18)11(16)6-5-7-19-2/h8-9,11H,5-7,16H2,1-4H3,(H,17,18). The van der Waals surface area contributed by atoms with Crippen LogP contribution in [0.4, 0.5) is 5.69 Å². The predicted octanol–water partition coefficient (Wildman–Crippen LogP) is 1.70. The zero-order valence-corrected chi connectivity index (χ0v) is 13.1. The van der Waals surface area contributed by atoms with Gasteiger partial charge in [-0.3, -0.25) is 4.79 Å². The van der Waals surface area contributed by atoms with Crippen LogP contribution in [0.2, 0.25) is 0 Å². The molecule has 0 aliphatic rings. The average molecular weight is 296 g/mol.